The molecule has 0 spiro atoms. The molecule has 0 saturated heterocycles. The van der Waals surface area contributed by atoms with Gasteiger partial charge in [-0.1, -0.05) is 102 Å². The normalized spacial score (nSPS) is 13.8. The number of imide groups is 2. The van der Waals surface area contributed by atoms with Crippen molar-refractivity contribution in [3.63, 3.8) is 0 Å². The lowest BCUT2D eigenvalue weighted by molar-refractivity contribution is 0.0587. The Bertz CT molecular complexity index is 1820. The summed E-state index contributed by atoms with van der Waals surface area (Å²) in [6.07, 6.45) is 12.2. The summed E-state index contributed by atoms with van der Waals surface area (Å²) in [7, 11) is 3.19. The van der Waals surface area contributed by atoms with E-state index in [0.717, 1.165) is 75.3 Å². The second kappa shape index (κ2) is 16.6. The summed E-state index contributed by atoms with van der Waals surface area (Å²) in [6.45, 7) is 4.93. The number of ether oxygens (including phenoxy) is 2. The second-order valence-electron chi connectivity index (χ2n) is 14.0. The van der Waals surface area contributed by atoms with Gasteiger partial charge < -0.3 is 9.47 Å². The summed E-state index contributed by atoms with van der Waals surface area (Å²) >= 11 is 0. The van der Waals surface area contributed by atoms with E-state index < -0.39 is 23.6 Å². The van der Waals surface area contributed by atoms with Gasteiger partial charge >= 0.3 is 0 Å². The molecule has 2 aliphatic heterocycles. The first-order chi connectivity index (χ1) is 25.3. The van der Waals surface area contributed by atoms with Crippen LogP contribution in [0.15, 0.2) is 60.7 Å². The van der Waals surface area contributed by atoms with Crippen LogP contribution in [0.2, 0.25) is 0 Å². The van der Waals surface area contributed by atoms with Crippen LogP contribution >= 0.6 is 0 Å². The van der Waals surface area contributed by atoms with E-state index in [9.17, 15) is 19.2 Å². The highest BCUT2D eigenvalue weighted by atomic mass is 16.5. The molecule has 0 radical (unpaired) electrons. The SMILES string of the molecule is CCCCCCCCN1C(=O)c2cc(-c3ccc(OC)cc3)c3c4c(cc(-c5ccc(OC)cc5)c(c24)C1=O)C(=O)N(CCCCCCCC)C3=O. The number of benzene rings is 4. The van der Waals surface area contributed by atoms with Crippen molar-refractivity contribution < 1.29 is 28.7 Å². The molecule has 272 valence electrons. The molecule has 0 atom stereocenters. The van der Waals surface area contributed by atoms with E-state index >= 15 is 0 Å². The molecular weight excluding hydrogens is 652 g/mol. The number of nitrogens with zero attached hydrogens (tertiary/aromatic N) is 2. The maximum Gasteiger partial charge on any atom is 0.262 e. The van der Waals surface area contributed by atoms with E-state index in [1.807, 2.05) is 48.5 Å². The third-order valence-electron chi connectivity index (χ3n) is 10.5. The molecular formula is C44H50N2O6. The van der Waals surface area contributed by atoms with Gasteiger partial charge in [-0.3, -0.25) is 29.0 Å². The van der Waals surface area contributed by atoms with E-state index in [1.165, 1.54) is 9.80 Å². The van der Waals surface area contributed by atoms with Crippen molar-refractivity contribution in [1.29, 1.82) is 0 Å². The number of rotatable bonds is 18. The Hall–Kier alpha value is -4.98. The molecule has 2 aliphatic rings. The first kappa shape index (κ1) is 36.8. The average molecular weight is 703 g/mol. The van der Waals surface area contributed by atoms with Crippen molar-refractivity contribution in [2.75, 3.05) is 27.3 Å². The van der Waals surface area contributed by atoms with Gasteiger partial charge in [0.05, 0.1) is 25.3 Å². The molecule has 8 nitrogen and oxygen atoms in total. The Morgan fingerprint density at radius 3 is 1.13 bits per heavy atom. The number of carbonyl (C=O) groups excluding carboxylic acids is 4. The zero-order valence-electron chi connectivity index (χ0n) is 31.0. The molecule has 0 aromatic heterocycles. The van der Waals surface area contributed by atoms with Crippen molar-refractivity contribution >= 4 is 34.4 Å². The Morgan fingerprint density at radius 2 is 0.788 bits per heavy atom. The molecule has 0 aliphatic carbocycles. The van der Waals surface area contributed by atoms with Gasteiger partial charge in [-0.2, -0.15) is 0 Å². The van der Waals surface area contributed by atoms with Gasteiger partial charge in [0.15, 0.2) is 0 Å². The van der Waals surface area contributed by atoms with E-state index in [1.54, 1.807) is 26.4 Å². The lowest BCUT2D eigenvalue weighted by atomic mass is 9.79. The summed E-state index contributed by atoms with van der Waals surface area (Å²) in [5.41, 5.74) is 3.89. The molecule has 6 rings (SSSR count). The first-order valence-electron chi connectivity index (χ1n) is 19.0. The highest BCUT2D eigenvalue weighted by molar-refractivity contribution is 6.36. The summed E-state index contributed by atoms with van der Waals surface area (Å²) in [5, 5.41) is 0.761. The summed E-state index contributed by atoms with van der Waals surface area (Å²) in [5.74, 6) is -0.296. The van der Waals surface area contributed by atoms with Crippen LogP contribution in [0.5, 0.6) is 11.5 Å². The van der Waals surface area contributed by atoms with Crippen molar-refractivity contribution in [3.05, 3.63) is 82.9 Å². The number of hydrogen-bond donors (Lipinski definition) is 0. The smallest absolute Gasteiger partial charge is 0.262 e. The van der Waals surface area contributed by atoms with Crippen LogP contribution in [0.4, 0.5) is 0 Å². The lowest BCUT2D eigenvalue weighted by Gasteiger charge is -2.34. The molecule has 0 N–H and O–H groups in total. The van der Waals surface area contributed by atoms with Gasteiger partial charge in [0.1, 0.15) is 11.5 Å². The Morgan fingerprint density at radius 1 is 0.442 bits per heavy atom. The lowest BCUT2D eigenvalue weighted by Crippen LogP contribution is -2.44. The quantitative estimate of drug-likeness (QED) is 0.0757. The van der Waals surface area contributed by atoms with Crippen LogP contribution in [-0.2, 0) is 0 Å². The largest absolute Gasteiger partial charge is 0.497 e. The summed E-state index contributed by atoms with van der Waals surface area (Å²) in [4.78, 5) is 60.9. The van der Waals surface area contributed by atoms with Gasteiger partial charge in [-0.15, -0.1) is 0 Å². The van der Waals surface area contributed by atoms with Crippen molar-refractivity contribution in [2.24, 2.45) is 0 Å². The van der Waals surface area contributed by atoms with Crippen LogP contribution in [0.1, 0.15) is 132 Å². The van der Waals surface area contributed by atoms with Gasteiger partial charge in [0.25, 0.3) is 23.6 Å². The molecule has 4 aromatic carbocycles. The fourth-order valence-electron chi connectivity index (χ4n) is 7.67. The van der Waals surface area contributed by atoms with Crippen LogP contribution in [0.25, 0.3) is 33.0 Å². The summed E-state index contributed by atoms with van der Waals surface area (Å²) in [6, 6.07) is 18.3. The van der Waals surface area contributed by atoms with E-state index in [0.29, 0.717) is 68.5 Å². The van der Waals surface area contributed by atoms with Crippen LogP contribution in [0.3, 0.4) is 0 Å². The topological polar surface area (TPSA) is 93.2 Å². The second-order valence-corrected chi connectivity index (χ2v) is 14.0. The predicted molar refractivity (Wildman–Crippen MR) is 205 cm³/mol. The number of unbranched alkanes of at least 4 members (excludes halogenated alkanes) is 10. The molecule has 0 saturated carbocycles. The van der Waals surface area contributed by atoms with E-state index in [4.69, 9.17) is 9.47 Å². The van der Waals surface area contributed by atoms with Gasteiger partial charge in [-0.05, 0) is 71.5 Å². The molecule has 8 heteroatoms. The monoisotopic (exact) mass is 702 g/mol. The molecule has 0 fully saturated rings. The fourth-order valence-corrected chi connectivity index (χ4v) is 7.67. The fraction of sp³-hybridized carbons (Fsp3) is 0.409. The zero-order valence-corrected chi connectivity index (χ0v) is 31.0. The number of hydrogen-bond acceptors (Lipinski definition) is 6. The molecule has 52 heavy (non-hydrogen) atoms. The highest BCUT2D eigenvalue weighted by Gasteiger charge is 2.42. The minimum absolute atomic E-state index is 0.290. The maximum atomic E-state index is 14.6. The summed E-state index contributed by atoms with van der Waals surface area (Å²) < 4.78 is 10.8. The minimum atomic E-state index is -0.403. The van der Waals surface area contributed by atoms with Crippen molar-refractivity contribution in [3.8, 4) is 33.8 Å². The molecule has 4 amide bonds. The molecule has 0 unspecified atom stereocenters. The standard InChI is InChI=1S/C44H50N2O6/c1-5-7-9-11-13-15-25-45-41(47)35-27-34(30-19-23-32(52-4)24-20-30)40-38-36(42(48)46(44(40)50)26-16-14-12-10-8-6-2)28-33(39(37(35)38)43(45)49)29-17-21-31(51-3)22-18-29/h17-24,27-28H,5-16,25-26H2,1-4H3. The van der Waals surface area contributed by atoms with Crippen LogP contribution in [0, 0.1) is 0 Å². The highest BCUT2D eigenvalue weighted by Crippen LogP contribution is 2.46. The Balaban J connectivity index is 1.55. The third-order valence-corrected chi connectivity index (χ3v) is 10.5. The van der Waals surface area contributed by atoms with Gasteiger partial charge in [0.2, 0.25) is 0 Å². The predicted octanol–water partition coefficient (Wildman–Crippen LogP) is 10.1. The van der Waals surface area contributed by atoms with Crippen molar-refractivity contribution in [1.82, 2.24) is 9.80 Å². The maximum absolute atomic E-state index is 14.6. The van der Waals surface area contributed by atoms with Crippen molar-refractivity contribution in [2.45, 2.75) is 90.9 Å². The van der Waals surface area contributed by atoms with Crippen LogP contribution in [-0.4, -0.2) is 60.7 Å². The average Bonchev–Trinajstić information content (AvgIpc) is 3.17. The molecule has 4 aromatic rings. The molecule has 2 heterocycles. The third kappa shape index (κ3) is 7.08. The zero-order chi connectivity index (χ0) is 36.8. The number of amides is 4. The number of methoxy groups -OCH3 is 2. The van der Waals surface area contributed by atoms with E-state index in [2.05, 4.69) is 13.8 Å². The first-order valence-corrected chi connectivity index (χ1v) is 19.0. The molecule has 0 bridgehead atoms. The van der Waals surface area contributed by atoms with E-state index in [-0.39, 0.29) is 13.1 Å². The van der Waals surface area contributed by atoms with Gasteiger partial charge in [0, 0.05) is 35.0 Å². The Kier molecular flexibility index (Phi) is 11.7. The van der Waals surface area contributed by atoms with Gasteiger partial charge in [-0.25, -0.2) is 0 Å². The minimum Gasteiger partial charge on any atom is -0.497 e. The van der Waals surface area contributed by atoms with Crippen LogP contribution < -0.4 is 9.47 Å². The Labute approximate surface area is 307 Å². The number of carbonyl (C=O) groups is 4.